The Hall–Kier alpha value is -3.62. The van der Waals surface area contributed by atoms with Crippen molar-refractivity contribution in [2.24, 2.45) is 11.8 Å². The van der Waals surface area contributed by atoms with E-state index in [9.17, 15) is 19.8 Å². The molecule has 0 amide bonds. The smallest absolute Gasteiger partial charge is 0.308 e. The summed E-state index contributed by atoms with van der Waals surface area (Å²) >= 11 is 0. The van der Waals surface area contributed by atoms with Crippen LogP contribution in [0.5, 0.6) is 28.7 Å². The SMILES string of the molecule is COc1cc([C@@H]2c3cc4c(cc3C[C@@H](C(=O)O)[C@@H]2C(=O)O)OCO4)cc(OC)c1OC. The van der Waals surface area contributed by atoms with Crippen molar-refractivity contribution in [2.45, 2.75) is 12.3 Å². The summed E-state index contributed by atoms with van der Waals surface area (Å²) in [5, 5.41) is 19.9. The zero-order valence-electron chi connectivity index (χ0n) is 17.2. The monoisotopic (exact) mass is 430 g/mol. The van der Waals surface area contributed by atoms with Crippen LogP contribution in [-0.2, 0) is 16.0 Å². The summed E-state index contributed by atoms with van der Waals surface area (Å²) in [6, 6.07) is 6.78. The molecule has 3 atom stereocenters. The lowest BCUT2D eigenvalue weighted by molar-refractivity contribution is -0.154. The summed E-state index contributed by atoms with van der Waals surface area (Å²) in [4.78, 5) is 24.4. The average Bonchev–Trinajstić information content (AvgIpc) is 3.22. The van der Waals surface area contributed by atoms with Crippen LogP contribution < -0.4 is 23.7 Å². The van der Waals surface area contributed by atoms with Crippen LogP contribution in [0.2, 0.25) is 0 Å². The van der Waals surface area contributed by atoms with Crippen LogP contribution >= 0.6 is 0 Å². The van der Waals surface area contributed by atoms with Crippen LogP contribution in [-0.4, -0.2) is 50.3 Å². The van der Waals surface area contributed by atoms with E-state index in [-0.39, 0.29) is 13.2 Å². The lowest BCUT2D eigenvalue weighted by atomic mass is 9.66. The highest BCUT2D eigenvalue weighted by atomic mass is 16.7. The topological polar surface area (TPSA) is 121 Å². The van der Waals surface area contributed by atoms with Crippen LogP contribution in [0.3, 0.4) is 0 Å². The molecule has 0 bridgehead atoms. The van der Waals surface area contributed by atoms with Gasteiger partial charge in [-0.25, -0.2) is 0 Å². The normalized spacial score (nSPS) is 21.2. The molecular weight excluding hydrogens is 408 g/mol. The molecule has 0 unspecified atom stereocenters. The Morgan fingerprint density at radius 3 is 2.03 bits per heavy atom. The van der Waals surface area contributed by atoms with Crippen LogP contribution in [0.1, 0.15) is 22.6 Å². The molecule has 0 aromatic heterocycles. The Labute approximate surface area is 178 Å². The second-order valence-electron chi connectivity index (χ2n) is 7.35. The second-order valence-corrected chi connectivity index (χ2v) is 7.35. The van der Waals surface area contributed by atoms with E-state index in [0.717, 1.165) is 0 Å². The summed E-state index contributed by atoms with van der Waals surface area (Å²) in [5.41, 5.74) is 1.91. The molecule has 4 rings (SSSR count). The quantitative estimate of drug-likeness (QED) is 0.712. The summed E-state index contributed by atoms with van der Waals surface area (Å²) < 4.78 is 27.2. The maximum absolute atomic E-state index is 12.3. The maximum Gasteiger partial charge on any atom is 0.308 e. The number of hydrogen-bond donors (Lipinski definition) is 2. The molecule has 9 heteroatoms. The van der Waals surface area contributed by atoms with Gasteiger partial charge in [-0.05, 0) is 47.4 Å². The average molecular weight is 430 g/mol. The van der Waals surface area contributed by atoms with Crippen molar-refractivity contribution < 1.29 is 43.5 Å². The van der Waals surface area contributed by atoms with E-state index < -0.39 is 29.7 Å². The van der Waals surface area contributed by atoms with E-state index >= 15 is 0 Å². The number of methoxy groups -OCH3 is 3. The lowest BCUT2D eigenvalue weighted by Crippen LogP contribution is -2.40. The fraction of sp³-hybridized carbons (Fsp3) is 0.364. The molecule has 9 nitrogen and oxygen atoms in total. The number of rotatable bonds is 6. The number of aliphatic carboxylic acids is 2. The van der Waals surface area contributed by atoms with Gasteiger partial charge < -0.3 is 33.9 Å². The summed E-state index contributed by atoms with van der Waals surface area (Å²) in [6.45, 7) is 0.0534. The van der Waals surface area contributed by atoms with Gasteiger partial charge in [-0.3, -0.25) is 9.59 Å². The molecule has 31 heavy (non-hydrogen) atoms. The Balaban J connectivity index is 1.98. The fourth-order valence-electron chi connectivity index (χ4n) is 4.48. The predicted octanol–water partition coefficient (Wildman–Crippen LogP) is 2.53. The minimum atomic E-state index is -1.21. The molecule has 0 saturated carbocycles. The molecular formula is C22H22O9. The Morgan fingerprint density at radius 1 is 0.903 bits per heavy atom. The molecule has 0 spiro atoms. The fourth-order valence-corrected chi connectivity index (χ4v) is 4.48. The minimum absolute atomic E-state index is 0.0534. The Kier molecular flexibility index (Phi) is 5.26. The molecule has 2 aliphatic rings. The third-order valence-corrected chi connectivity index (χ3v) is 5.85. The number of hydrogen-bond acceptors (Lipinski definition) is 7. The van der Waals surface area contributed by atoms with Crippen molar-refractivity contribution in [3.8, 4) is 28.7 Å². The maximum atomic E-state index is 12.3. The van der Waals surface area contributed by atoms with Crippen molar-refractivity contribution in [2.75, 3.05) is 28.1 Å². The van der Waals surface area contributed by atoms with E-state index in [4.69, 9.17) is 23.7 Å². The van der Waals surface area contributed by atoms with E-state index in [2.05, 4.69) is 0 Å². The second kappa shape index (κ2) is 7.90. The van der Waals surface area contributed by atoms with Gasteiger partial charge in [0.25, 0.3) is 0 Å². The van der Waals surface area contributed by atoms with Gasteiger partial charge in [-0.1, -0.05) is 0 Å². The zero-order valence-corrected chi connectivity index (χ0v) is 17.2. The zero-order chi connectivity index (χ0) is 22.3. The van der Waals surface area contributed by atoms with Gasteiger partial charge in [0.15, 0.2) is 23.0 Å². The van der Waals surface area contributed by atoms with Crippen LogP contribution in [0.25, 0.3) is 0 Å². The van der Waals surface area contributed by atoms with Gasteiger partial charge >= 0.3 is 11.9 Å². The standard InChI is InChI=1S/C22H22O9/c1-27-16-6-11(7-17(28-2)20(16)29-3)18-12-8-15-14(30-9-31-15)5-10(12)4-13(21(23)24)19(18)22(25)26/h5-8,13,18-19H,4,9H2,1-3H3,(H,23,24)(H,25,26)/t13-,18-,19+/m1/s1. The third kappa shape index (κ3) is 3.35. The number of carboxylic acids is 2. The van der Waals surface area contributed by atoms with E-state index in [0.29, 0.717) is 45.4 Å². The van der Waals surface area contributed by atoms with Gasteiger partial charge in [-0.2, -0.15) is 0 Å². The Morgan fingerprint density at radius 2 is 1.52 bits per heavy atom. The van der Waals surface area contributed by atoms with Crippen molar-refractivity contribution >= 4 is 11.9 Å². The van der Waals surface area contributed by atoms with Gasteiger partial charge in [0.1, 0.15) is 0 Å². The van der Waals surface area contributed by atoms with E-state index in [1.165, 1.54) is 21.3 Å². The summed E-state index contributed by atoms with van der Waals surface area (Å²) in [6.07, 6.45) is 0.0686. The molecule has 1 aliphatic heterocycles. The summed E-state index contributed by atoms with van der Waals surface area (Å²) in [7, 11) is 4.39. The first-order chi connectivity index (χ1) is 14.9. The van der Waals surface area contributed by atoms with Crippen LogP contribution in [0.15, 0.2) is 24.3 Å². The largest absolute Gasteiger partial charge is 0.493 e. The highest BCUT2D eigenvalue weighted by Crippen LogP contribution is 2.50. The van der Waals surface area contributed by atoms with E-state index in [1.807, 2.05) is 0 Å². The molecule has 1 heterocycles. The number of benzene rings is 2. The van der Waals surface area contributed by atoms with Crippen molar-refractivity contribution in [1.82, 2.24) is 0 Å². The first kappa shape index (κ1) is 20.6. The molecule has 0 saturated heterocycles. The molecule has 164 valence electrons. The predicted molar refractivity (Wildman–Crippen MR) is 106 cm³/mol. The third-order valence-electron chi connectivity index (χ3n) is 5.85. The Bertz CT molecular complexity index is 1020. The van der Waals surface area contributed by atoms with E-state index in [1.54, 1.807) is 24.3 Å². The van der Waals surface area contributed by atoms with Crippen molar-refractivity contribution in [1.29, 1.82) is 0 Å². The van der Waals surface area contributed by atoms with Gasteiger partial charge in [0.05, 0.1) is 33.2 Å². The number of carboxylic acid groups (broad SMARTS) is 2. The van der Waals surface area contributed by atoms with Gasteiger partial charge in [0.2, 0.25) is 12.5 Å². The highest BCUT2D eigenvalue weighted by molar-refractivity contribution is 5.83. The van der Waals surface area contributed by atoms with Crippen LogP contribution in [0.4, 0.5) is 0 Å². The number of fused-ring (bicyclic) bond motifs is 2. The first-order valence-corrected chi connectivity index (χ1v) is 9.57. The van der Waals surface area contributed by atoms with Gasteiger partial charge in [0, 0.05) is 5.92 Å². The molecule has 0 radical (unpaired) electrons. The lowest BCUT2D eigenvalue weighted by Gasteiger charge is -2.36. The first-order valence-electron chi connectivity index (χ1n) is 9.57. The van der Waals surface area contributed by atoms with Crippen molar-refractivity contribution in [3.05, 3.63) is 41.0 Å². The van der Waals surface area contributed by atoms with Crippen LogP contribution in [0, 0.1) is 11.8 Å². The highest BCUT2D eigenvalue weighted by Gasteiger charge is 2.46. The molecule has 0 fully saturated rings. The summed E-state index contributed by atoms with van der Waals surface area (Å²) in [5.74, 6) is -3.44. The number of ether oxygens (including phenoxy) is 5. The molecule has 2 aromatic rings. The minimum Gasteiger partial charge on any atom is -0.493 e. The molecule has 1 aliphatic carbocycles. The number of carbonyl (C=O) groups is 2. The van der Waals surface area contributed by atoms with Crippen molar-refractivity contribution in [3.63, 3.8) is 0 Å². The van der Waals surface area contributed by atoms with Gasteiger partial charge in [-0.15, -0.1) is 0 Å². The molecule has 2 N–H and O–H groups in total. The molecule has 2 aromatic carbocycles.